The van der Waals surface area contributed by atoms with E-state index in [4.69, 9.17) is 5.73 Å². The van der Waals surface area contributed by atoms with Crippen LogP contribution < -0.4 is 5.73 Å². The van der Waals surface area contributed by atoms with E-state index in [9.17, 15) is 0 Å². The van der Waals surface area contributed by atoms with Crippen molar-refractivity contribution in [2.24, 2.45) is 28.9 Å². The van der Waals surface area contributed by atoms with Crippen LogP contribution >= 0.6 is 0 Å². The van der Waals surface area contributed by atoms with Gasteiger partial charge in [-0.3, -0.25) is 0 Å². The van der Waals surface area contributed by atoms with Gasteiger partial charge in [-0.15, -0.1) is 0 Å². The zero-order valence-electron chi connectivity index (χ0n) is 8.80. The van der Waals surface area contributed by atoms with E-state index in [0.717, 1.165) is 17.8 Å². The van der Waals surface area contributed by atoms with E-state index in [-0.39, 0.29) is 0 Å². The number of fused-ring (bicyclic) bond motifs is 1. The molecule has 0 spiro atoms. The predicted molar refractivity (Wildman–Crippen MR) is 54.2 cm³/mol. The van der Waals surface area contributed by atoms with Crippen molar-refractivity contribution in [3.63, 3.8) is 0 Å². The second kappa shape index (κ2) is 2.03. The number of allylic oxidation sites excluding steroid dienone is 2. The molecule has 2 N–H and O–H groups in total. The molecule has 0 amide bonds. The Morgan fingerprint density at radius 3 is 2.23 bits per heavy atom. The van der Waals surface area contributed by atoms with Gasteiger partial charge >= 0.3 is 0 Å². The average molecular weight is 177 g/mol. The van der Waals surface area contributed by atoms with Crippen molar-refractivity contribution in [2.45, 2.75) is 39.7 Å². The van der Waals surface area contributed by atoms with Crippen molar-refractivity contribution in [3.8, 4) is 0 Å². The Kier molecular flexibility index (Phi) is 1.26. The van der Waals surface area contributed by atoms with E-state index in [1.54, 1.807) is 11.1 Å². The minimum Gasteiger partial charge on any atom is -0.327 e. The first kappa shape index (κ1) is 8.05. The van der Waals surface area contributed by atoms with Gasteiger partial charge in [0.1, 0.15) is 0 Å². The maximum atomic E-state index is 5.92. The number of nitrogens with two attached hydrogens (primary N) is 1. The molecule has 3 rings (SSSR count). The lowest BCUT2D eigenvalue weighted by molar-refractivity contribution is 0.323. The summed E-state index contributed by atoms with van der Waals surface area (Å²) in [7, 11) is 0. The third-order valence-corrected chi connectivity index (χ3v) is 5.07. The summed E-state index contributed by atoms with van der Waals surface area (Å²) < 4.78 is 0. The number of hydrogen-bond acceptors (Lipinski definition) is 1. The Bertz CT molecular complexity index is 292. The number of rotatable bonds is 3. The number of hydrogen-bond donors (Lipinski definition) is 1. The molecule has 0 saturated heterocycles. The minimum atomic E-state index is 0.579. The zero-order valence-corrected chi connectivity index (χ0v) is 8.80. The third-order valence-electron chi connectivity index (χ3n) is 5.07. The van der Waals surface area contributed by atoms with Crippen LogP contribution in [0.1, 0.15) is 33.6 Å². The first-order valence-electron chi connectivity index (χ1n) is 5.58. The molecule has 1 heteroatoms. The highest BCUT2D eigenvalue weighted by Crippen LogP contribution is 2.81. The molecule has 0 aromatic rings. The molecule has 1 nitrogen and oxygen atoms in total. The van der Waals surface area contributed by atoms with Crippen LogP contribution in [-0.4, -0.2) is 6.04 Å². The maximum Gasteiger partial charge on any atom is 0.0114 e. The Labute approximate surface area is 80.4 Å². The van der Waals surface area contributed by atoms with Crippen molar-refractivity contribution >= 4 is 0 Å². The molecule has 5 atom stereocenters. The fourth-order valence-electron chi connectivity index (χ4n) is 3.57. The summed E-state index contributed by atoms with van der Waals surface area (Å²) in [6.07, 6.45) is 2.72. The Balaban J connectivity index is 1.68. The molecule has 0 radical (unpaired) electrons. The summed E-state index contributed by atoms with van der Waals surface area (Å²) in [6.45, 7) is 6.96. The Morgan fingerprint density at radius 1 is 1.38 bits per heavy atom. The third kappa shape index (κ3) is 0.775. The van der Waals surface area contributed by atoms with Gasteiger partial charge in [0, 0.05) is 6.04 Å². The van der Waals surface area contributed by atoms with Crippen LogP contribution in [0.3, 0.4) is 0 Å². The van der Waals surface area contributed by atoms with E-state index >= 15 is 0 Å². The van der Waals surface area contributed by atoms with Crippen LogP contribution in [0.4, 0.5) is 0 Å². The molecule has 13 heavy (non-hydrogen) atoms. The summed E-state index contributed by atoms with van der Waals surface area (Å²) in [5.41, 5.74) is 10.0. The molecular weight excluding hydrogens is 158 g/mol. The standard InChI is InChI=1S/C12H19N/c1-4-12(9-10(12)11(9)13)5-8-6(2)7(8)3/h6,9-11H,4-5,13H2,1-3H3/t6-,9-,10?,11?,12?/m1/s1. The van der Waals surface area contributed by atoms with Crippen molar-refractivity contribution in [1.29, 1.82) is 0 Å². The van der Waals surface area contributed by atoms with Gasteiger partial charge in [-0.25, -0.2) is 0 Å². The van der Waals surface area contributed by atoms with Gasteiger partial charge in [-0.1, -0.05) is 25.0 Å². The van der Waals surface area contributed by atoms with Crippen LogP contribution in [0.15, 0.2) is 11.1 Å². The van der Waals surface area contributed by atoms with Gasteiger partial charge in [0.2, 0.25) is 0 Å². The van der Waals surface area contributed by atoms with Crippen LogP contribution in [0.5, 0.6) is 0 Å². The highest BCUT2D eigenvalue weighted by atomic mass is 15.0. The molecule has 0 aliphatic heterocycles. The van der Waals surface area contributed by atoms with Crippen molar-refractivity contribution < 1.29 is 0 Å². The molecule has 0 aromatic heterocycles. The Morgan fingerprint density at radius 2 is 1.92 bits per heavy atom. The predicted octanol–water partition coefficient (Wildman–Crippen LogP) is 2.33. The molecular formula is C12H19N. The van der Waals surface area contributed by atoms with E-state index in [0.29, 0.717) is 11.5 Å². The largest absolute Gasteiger partial charge is 0.327 e. The molecule has 0 heterocycles. The topological polar surface area (TPSA) is 26.0 Å². The van der Waals surface area contributed by atoms with Crippen LogP contribution in [0.2, 0.25) is 0 Å². The van der Waals surface area contributed by atoms with E-state index < -0.39 is 0 Å². The molecule has 2 saturated carbocycles. The fourth-order valence-corrected chi connectivity index (χ4v) is 3.57. The summed E-state index contributed by atoms with van der Waals surface area (Å²) in [6, 6.07) is 0.579. The smallest absolute Gasteiger partial charge is 0.0114 e. The first-order valence-corrected chi connectivity index (χ1v) is 5.58. The maximum absolute atomic E-state index is 5.92. The summed E-state index contributed by atoms with van der Waals surface area (Å²) >= 11 is 0. The SMILES string of the molecule is CCC1(CC2=C(C)[C@H]2C)C2C(N)[C@@H]21. The van der Waals surface area contributed by atoms with Gasteiger partial charge in [-0.05, 0) is 42.9 Å². The summed E-state index contributed by atoms with van der Waals surface area (Å²) in [4.78, 5) is 0. The van der Waals surface area contributed by atoms with Crippen molar-refractivity contribution in [1.82, 2.24) is 0 Å². The summed E-state index contributed by atoms with van der Waals surface area (Å²) in [5, 5.41) is 0. The van der Waals surface area contributed by atoms with Gasteiger partial charge in [0.15, 0.2) is 0 Å². The normalized spacial score (nSPS) is 56.3. The lowest BCUT2D eigenvalue weighted by atomic mass is 9.84. The van der Waals surface area contributed by atoms with E-state index in [1.165, 1.54) is 12.8 Å². The van der Waals surface area contributed by atoms with Gasteiger partial charge in [0.25, 0.3) is 0 Å². The van der Waals surface area contributed by atoms with Crippen molar-refractivity contribution in [2.75, 3.05) is 0 Å². The Hall–Kier alpha value is -0.300. The second-order valence-corrected chi connectivity index (χ2v) is 5.32. The quantitative estimate of drug-likeness (QED) is 0.658. The van der Waals surface area contributed by atoms with Crippen molar-refractivity contribution in [3.05, 3.63) is 11.1 Å². The van der Waals surface area contributed by atoms with Crippen LogP contribution in [-0.2, 0) is 0 Å². The highest BCUT2D eigenvalue weighted by Gasteiger charge is 2.81. The van der Waals surface area contributed by atoms with Crippen LogP contribution in [0, 0.1) is 23.2 Å². The van der Waals surface area contributed by atoms with Gasteiger partial charge in [-0.2, -0.15) is 0 Å². The lowest BCUT2D eigenvalue weighted by Crippen LogP contribution is -2.26. The van der Waals surface area contributed by atoms with Crippen LogP contribution in [0.25, 0.3) is 0 Å². The van der Waals surface area contributed by atoms with E-state index in [1.807, 2.05) is 0 Å². The zero-order chi connectivity index (χ0) is 9.38. The fraction of sp³-hybridized carbons (Fsp3) is 0.833. The van der Waals surface area contributed by atoms with E-state index in [2.05, 4.69) is 20.8 Å². The lowest BCUT2D eigenvalue weighted by Gasteiger charge is -2.22. The van der Waals surface area contributed by atoms with Gasteiger partial charge in [0.05, 0.1) is 0 Å². The molecule has 3 unspecified atom stereocenters. The minimum absolute atomic E-state index is 0.579. The average Bonchev–Trinajstić information content (AvgIpc) is 3.04. The van der Waals surface area contributed by atoms with Gasteiger partial charge < -0.3 is 5.73 Å². The first-order chi connectivity index (χ1) is 6.13. The summed E-state index contributed by atoms with van der Waals surface area (Å²) in [5.74, 6) is 2.65. The molecule has 3 aliphatic rings. The monoisotopic (exact) mass is 177 g/mol. The molecule has 72 valence electrons. The highest BCUT2D eigenvalue weighted by molar-refractivity contribution is 5.44. The molecule has 3 aliphatic carbocycles. The molecule has 0 aromatic carbocycles. The molecule has 0 bridgehead atoms. The molecule has 2 fully saturated rings. The second-order valence-electron chi connectivity index (χ2n) is 5.32.